The topological polar surface area (TPSA) is 34.9 Å². The number of aryl methyl sites for hydroxylation is 3. The first kappa shape index (κ1) is 14.0. The highest BCUT2D eigenvalue weighted by Gasteiger charge is 2.09. The maximum absolute atomic E-state index is 12.0. The average Bonchev–Trinajstić information content (AvgIpc) is 2.99. The minimum absolute atomic E-state index is 0.311. The van der Waals surface area contributed by atoms with Crippen molar-refractivity contribution in [3.63, 3.8) is 0 Å². The Balaban J connectivity index is 1.80. The maximum atomic E-state index is 12.0. The van der Waals surface area contributed by atoms with E-state index >= 15 is 0 Å². The largest absolute Gasteiger partial charge is 0.299 e. The predicted molar refractivity (Wildman–Crippen MR) is 78.6 cm³/mol. The van der Waals surface area contributed by atoms with E-state index < -0.39 is 0 Å². The lowest BCUT2D eigenvalue weighted by atomic mass is 10.1. The lowest BCUT2D eigenvalue weighted by Gasteiger charge is -2.03. The van der Waals surface area contributed by atoms with E-state index in [2.05, 4.69) is 29.5 Å². The molecule has 0 spiro atoms. The number of ketones is 1. The van der Waals surface area contributed by atoms with Crippen molar-refractivity contribution in [1.82, 2.24) is 9.78 Å². The molecule has 0 N–H and O–H groups in total. The fourth-order valence-corrected chi connectivity index (χ4v) is 2.97. The Bertz CT molecular complexity index is 528. The number of carbonyl (C=O) groups is 1. The Kier molecular flexibility index (Phi) is 4.91. The van der Waals surface area contributed by atoms with Crippen LogP contribution < -0.4 is 0 Å². The maximum Gasteiger partial charge on any atom is 0.138 e. The Labute approximate surface area is 118 Å². The lowest BCUT2D eigenvalue weighted by Crippen LogP contribution is -2.09. The molecule has 2 aromatic heterocycles. The molecule has 4 heteroatoms. The summed E-state index contributed by atoms with van der Waals surface area (Å²) in [6.07, 6.45) is 3.12. The standard InChI is InChI=1S/C15H20N2OS/c1-3-17-13(10-12(2)16-17)11-14(18)6-4-7-15-8-5-9-19-15/h5,8-10H,3-4,6-7,11H2,1-2H3. The van der Waals surface area contributed by atoms with Gasteiger partial charge in [-0.05, 0) is 44.2 Å². The number of nitrogens with zero attached hydrogens (tertiary/aromatic N) is 2. The van der Waals surface area contributed by atoms with Crippen molar-refractivity contribution in [2.24, 2.45) is 0 Å². The summed E-state index contributed by atoms with van der Waals surface area (Å²) in [6, 6.07) is 6.20. The van der Waals surface area contributed by atoms with Gasteiger partial charge in [0.2, 0.25) is 0 Å². The molecule has 102 valence electrons. The van der Waals surface area contributed by atoms with Gasteiger partial charge < -0.3 is 0 Å². The summed E-state index contributed by atoms with van der Waals surface area (Å²) < 4.78 is 1.92. The van der Waals surface area contributed by atoms with Crippen LogP contribution in [0.25, 0.3) is 0 Å². The van der Waals surface area contributed by atoms with Gasteiger partial charge >= 0.3 is 0 Å². The van der Waals surface area contributed by atoms with Crippen molar-refractivity contribution in [2.45, 2.75) is 46.1 Å². The number of carbonyl (C=O) groups excluding carboxylic acids is 1. The quantitative estimate of drug-likeness (QED) is 0.776. The molecule has 0 bridgehead atoms. The first-order valence-electron chi connectivity index (χ1n) is 6.76. The first-order chi connectivity index (χ1) is 9.19. The van der Waals surface area contributed by atoms with E-state index in [0.29, 0.717) is 18.6 Å². The van der Waals surface area contributed by atoms with Crippen LogP contribution in [0.3, 0.4) is 0 Å². The summed E-state index contributed by atoms with van der Waals surface area (Å²) in [6.45, 7) is 4.85. The second-order valence-electron chi connectivity index (χ2n) is 4.74. The molecule has 2 rings (SSSR count). The highest BCUT2D eigenvalue weighted by atomic mass is 32.1. The summed E-state index contributed by atoms with van der Waals surface area (Å²) in [7, 11) is 0. The van der Waals surface area contributed by atoms with Gasteiger partial charge in [0.1, 0.15) is 5.78 Å². The van der Waals surface area contributed by atoms with Crippen LogP contribution in [0.15, 0.2) is 23.6 Å². The van der Waals surface area contributed by atoms with Gasteiger partial charge in [-0.2, -0.15) is 5.10 Å². The molecule has 0 saturated heterocycles. The van der Waals surface area contributed by atoms with E-state index in [0.717, 1.165) is 30.8 Å². The van der Waals surface area contributed by atoms with Crippen LogP contribution in [0, 0.1) is 6.92 Å². The number of rotatable bonds is 7. The summed E-state index contributed by atoms with van der Waals surface area (Å²) in [5.41, 5.74) is 2.03. The van der Waals surface area contributed by atoms with Crippen LogP contribution in [0.2, 0.25) is 0 Å². The van der Waals surface area contributed by atoms with Crippen molar-refractivity contribution in [3.05, 3.63) is 39.8 Å². The van der Waals surface area contributed by atoms with Crippen LogP contribution >= 0.6 is 11.3 Å². The lowest BCUT2D eigenvalue weighted by molar-refractivity contribution is -0.118. The minimum Gasteiger partial charge on any atom is -0.299 e. The second-order valence-corrected chi connectivity index (χ2v) is 5.77. The van der Waals surface area contributed by atoms with Gasteiger partial charge in [-0.15, -0.1) is 11.3 Å². The summed E-state index contributed by atoms with van der Waals surface area (Å²) in [4.78, 5) is 13.3. The molecule has 0 aromatic carbocycles. The number of Topliss-reactive ketones (excluding diaryl/α,β-unsaturated/α-hetero) is 1. The zero-order valence-electron chi connectivity index (χ0n) is 11.6. The molecule has 0 unspecified atom stereocenters. The third kappa shape index (κ3) is 4.03. The van der Waals surface area contributed by atoms with Gasteiger partial charge in [-0.1, -0.05) is 6.07 Å². The molecular formula is C15H20N2OS. The summed E-state index contributed by atoms with van der Waals surface area (Å²) in [5.74, 6) is 0.311. The molecule has 2 heterocycles. The van der Waals surface area contributed by atoms with Gasteiger partial charge in [0.05, 0.1) is 5.69 Å². The SMILES string of the molecule is CCn1nc(C)cc1CC(=O)CCCc1cccs1. The fourth-order valence-electron chi connectivity index (χ4n) is 2.22. The zero-order valence-corrected chi connectivity index (χ0v) is 12.4. The first-order valence-corrected chi connectivity index (χ1v) is 7.64. The number of hydrogen-bond acceptors (Lipinski definition) is 3. The van der Waals surface area contributed by atoms with Crippen LogP contribution in [-0.4, -0.2) is 15.6 Å². The van der Waals surface area contributed by atoms with Gasteiger partial charge in [-0.25, -0.2) is 0 Å². The van der Waals surface area contributed by atoms with E-state index in [9.17, 15) is 4.79 Å². The summed E-state index contributed by atoms with van der Waals surface area (Å²) >= 11 is 1.76. The molecule has 3 nitrogen and oxygen atoms in total. The van der Waals surface area contributed by atoms with Gasteiger partial charge in [0, 0.05) is 30.0 Å². The van der Waals surface area contributed by atoms with Crippen molar-refractivity contribution in [1.29, 1.82) is 0 Å². The van der Waals surface area contributed by atoms with E-state index in [-0.39, 0.29) is 0 Å². The smallest absolute Gasteiger partial charge is 0.138 e. The molecule has 0 fully saturated rings. The third-order valence-corrected chi connectivity index (χ3v) is 4.06. The Morgan fingerprint density at radius 3 is 3.00 bits per heavy atom. The van der Waals surface area contributed by atoms with Crippen molar-refractivity contribution in [2.75, 3.05) is 0 Å². The molecule has 0 saturated carbocycles. The fraction of sp³-hybridized carbons (Fsp3) is 0.467. The second kappa shape index (κ2) is 6.66. The van der Waals surface area contributed by atoms with Crippen molar-refractivity contribution in [3.8, 4) is 0 Å². The van der Waals surface area contributed by atoms with Crippen LogP contribution in [-0.2, 0) is 24.2 Å². The molecule has 19 heavy (non-hydrogen) atoms. The average molecular weight is 276 g/mol. The zero-order chi connectivity index (χ0) is 13.7. The monoisotopic (exact) mass is 276 g/mol. The third-order valence-electron chi connectivity index (χ3n) is 3.12. The Morgan fingerprint density at radius 1 is 1.47 bits per heavy atom. The van der Waals surface area contributed by atoms with Gasteiger partial charge in [0.15, 0.2) is 0 Å². The minimum atomic E-state index is 0.311. The number of hydrogen-bond donors (Lipinski definition) is 0. The molecule has 0 aliphatic rings. The Hall–Kier alpha value is -1.42. The molecule has 0 atom stereocenters. The van der Waals surface area contributed by atoms with Gasteiger partial charge in [0.25, 0.3) is 0 Å². The van der Waals surface area contributed by atoms with E-state index in [4.69, 9.17) is 0 Å². The van der Waals surface area contributed by atoms with Crippen molar-refractivity contribution >= 4 is 17.1 Å². The number of aromatic nitrogens is 2. The van der Waals surface area contributed by atoms with Crippen LogP contribution in [0.4, 0.5) is 0 Å². The van der Waals surface area contributed by atoms with E-state index in [1.54, 1.807) is 11.3 Å². The summed E-state index contributed by atoms with van der Waals surface area (Å²) in [5, 5.41) is 6.45. The van der Waals surface area contributed by atoms with Gasteiger partial charge in [-0.3, -0.25) is 9.48 Å². The molecular weight excluding hydrogens is 256 g/mol. The number of thiophene rings is 1. The highest BCUT2D eigenvalue weighted by molar-refractivity contribution is 7.09. The highest BCUT2D eigenvalue weighted by Crippen LogP contribution is 2.13. The van der Waals surface area contributed by atoms with Crippen LogP contribution in [0.1, 0.15) is 36.0 Å². The van der Waals surface area contributed by atoms with Crippen molar-refractivity contribution < 1.29 is 4.79 Å². The molecule has 0 aliphatic carbocycles. The molecule has 0 aliphatic heterocycles. The van der Waals surface area contributed by atoms with E-state index in [1.165, 1.54) is 4.88 Å². The molecule has 0 radical (unpaired) electrons. The van der Waals surface area contributed by atoms with Crippen LogP contribution in [0.5, 0.6) is 0 Å². The normalized spacial score (nSPS) is 10.8. The molecule has 2 aromatic rings. The molecule has 0 amide bonds. The predicted octanol–water partition coefficient (Wildman–Crippen LogP) is 3.41. The van der Waals surface area contributed by atoms with E-state index in [1.807, 2.05) is 17.7 Å². The Morgan fingerprint density at radius 2 is 2.32 bits per heavy atom.